The molecule has 0 aliphatic carbocycles. The maximum atomic E-state index is 12.9. The van der Waals surface area contributed by atoms with E-state index in [4.69, 9.17) is 9.72 Å². The van der Waals surface area contributed by atoms with Crippen molar-refractivity contribution in [1.82, 2.24) is 19.8 Å². The first-order valence-corrected chi connectivity index (χ1v) is 11.7. The molecule has 2 amide bonds. The van der Waals surface area contributed by atoms with E-state index in [1.54, 1.807) is 4.90 Å². The number of thiophene rings is 1. The summed E-state index contributed by atoms with van der Waals surface area (Å²) in [4.78, 5) is 51.7. The molecule has 2 saturated heterocycles. The highest BCUT2D eigenvalue weighted by Crippen LogP contribution is 2.33. The maximum Gasteiger partial charge on any atom is 0.264 e. The second kappa shape index (κ2) is 8.20. The van der Waals surface area contributed by atoms with Gasteiger partial charge in [0.2, 0.25) is 5.91 Å². The summed E-state index contributed by atoms with van der Waals surface area (Å²) in [5, 5.41) is 0. The molecular formula is C22H26N4O4S. The van der Waals surface area contributed by atoms with E-state index in [1.165, 1.54) is 11.3 Å². The van der Waals surface area contributed by atoms with Gasteiger partial charge in [-0.15, -0.1) is 11.3 Å². The zero-order valence-corrected chi connectivity index (χ0v) is 18.4. The number of amides is 2. The molecule has 0 spiro atoms. The molecule has 3 aliphatic rings. The van der Waals surface area contributed by atoms with Crippen LogP contribution in [0.4, 0.5) is 0 Å². The first kappa shape index (κ1) is 20.4. The van der Waals surface area contributed by atoms with Crippen LogP contribution in [0, 0.1) is 12.8 Å². The van der Waals surface area contributed by atoms with Gasteiger partial charge in [0.1, 0.15) is 5.82 Å². The molecule has 5 heterocycles. The van der Waals surface area contributed by atoms with E-state index in [0.717, 1.165) is 29.8 Å². The molecule has 2 aromatic rings. The highest BCUT2D eigenvalue weighted by molar-refractivity contribution is 7.13. The predicted molar refractivity (Wildman–Crippen MR) is 115 cm³/mol. The second-order valence-corrected chi connectivity index (χ2v) is 9.80. The highest BCUT2D eigenvalue weighted by Gasteiger charge is 2.37. The molecule has 0 aromatic carbocycles. The van der Waals surface area contributed by atoms with Gasteiger partial charge in [0.05, 0.1) is 41.2 Å². The summed E-state index contributed by atoms with van der Waals surface area (Å²) < 4.78 is 5.38. The van der Waals surface area contributed by atoms with E-state index in [-0.39, 0.29) is 35.9 Å². The van der Waals surface area contributed by atoms with E-state index in [1.807, 2.05) is 24.0 Å². The molecule has 3 aliphatic heterocycles. The Balaban J connectivity index is 1.37. The van der Waals surface area contributed by atoms with Gasteiger partial charge in [-0.2, -0.15) is 0 Å². The number of nitrogens with one attached hydrogen (secondary N) is 1. The second-order valence-electron chi connectivity index (χ2n) is 8.51. The predicted octanol–water partition coefficient (Wildman–Crippen LogP) is 2.04. The Morgan fingerprint density at radius 3 is 2.87 bits per heavy atom. The number of fused-ring (bicyclic) bond motifs is 1. The van der Waals surface area contributed by atoms with Gasteiger partial charge in [-0.1, -0.05) is 0 Å². The Bertz CT molecular complexity index is 1070. The average Bonchev–Trinajstić information content (AvgIpc) is 3.54. The quantitative estimate of drug-likeness (QED) is 0.785. The van der Waals surface area contributed by atoms with E-state index in [2.05, 4.69) is 4.98 Å². The van der Waals surface area contributed by atoms with Crippen molar-refractivity contribution in [2.75, 3.05) is 26.3 Å². The standard InChI is InChI=1S/C22H26N4O4S/c1-13-4-5-18(31-13)22(29)25-9-6-16-15(11-25)20(27)24-19(23-16)17-3-2-8-26(17)21(28)14-7-10-30-12-14/h4-5,14,17H,2-3,6-12H2,1H3,(H,23,24,27)/t14-,17+/m1/s1. The number of hydrogen-bond acceptors (Lipinski definition) is 6. The van der Waals surface area contributed by atoms with Crippen LogP contribution in [-0.2, 0) is 22.5 Å². The number of H-pyrrole nitrogens is 1. The number of carbonyl (C=O) groups is 2. The molecule has 2 aromatic heterocycles. The Morgan fingerprint density at radius 2 is 2.13 bits per heavy atom. The van der Waals surface area contributed by atoms with Crippen LogP contribution in [0.1, 0.15) is 56.9 Å². The number of likely N-dealkylation sites (tertiary alicyclic amines) is 1. The van der Waals surface area contributed by atoms with Crippen molar-refractivity contribution in [2.45, 2.75) is 45.2 Å². The van der Waals surface area contributed by atoms with Gasteiger partial charge in [0.15, 0.2) is 0 Å². The minimum Gasteiger partial charge on any atom is -0.381 e. The van der Waals surface area contributed by atoms with E-state index in [0.29, 0.717) is 49.0 Å². The number of nitrogens with zero attached hydrogens (tertiary/aromatic N) is 3. The normalized spacial score (nSPS) is 23.3. The van der Waals surface area contributed by atoms with Crippen LogP contribution in [0.3, 0.4) is 0 Å². The maximum absolute atomic E-state index is 12.9. The van der Waals surface area contributed by atoms with Crippen molar-refractivity contribution >= 4 is 23.2 Å². The zero-order valence-electron chi connectivity index (χ0n) is 17.6. The molecule has 2 fully saturated rings. The van der Waals surface area contributed by atoms with Crippen LogP contribution >= 0.6 is 11.3 Å². The molecule has 9 heteroatoms. The summed E-state index contributed by atoms with van der Waals surface area (Å²) in [6, 6.07) is 3.58. The number of aromatic amines is 1. The monoisotopic (exact) mass is 442 g/mol. The lowest BCUT2D eigenvalue weighted by Gasteiger charge is -2.29. The molecule has 0 unspecified atom stereocenters. The summed E-state index contributed by atoms with van der Waals surface area (Å²) in [7, 11) is 0. The summed E-state index contributed by atoms with van der Waals surface area (Å²) >= 11 is 1.47. The lowest BCUT2D eigenvalue weighted by molar-refractivity contribution is -0.136. The van der Waals surface area contributed by atoms with Gasteiger partial charge in [-0.05, 0) is 38.3 Å². The van der Waals surface area contributed by atoms with Gasteiger partial charge in [0, 0.05) is 31.0 Å². The van der Waals surface area contributed by atoms with Crippen LogP contribution in [0.25, 0.3) is 0 Å². The summed E-state index contributed by atoms with van der Waals surface area (Å²) in [5.41, 5.74) is 1.09. The molecule has 0 radical (unpaired) electrons. The number of ether oxygens (including phenoxy) is 1. The van der Waals surface area contributed by atoms with E-state index in [9.17, 15) is 14.4 Å². The number of aryl methyl sites for hydroxylation is 1. The van der Waals surface area contributed by atoms with Crippen LogP contribution in [0.15, 0.2) is 16.9 Å². The van der Waals surface area contributed by atoms with Crippen molar-refractivity contribution in [3.63, 3.8) is 0 Å². The Hall–Kier alpha value is -2.52. The number of aromatic nitrogens is 2. The Morgan fingerprint density at radius 1 is 1.26 bits per heavy atom. The topological polar surface area (TPSA) is 95.6 Å². The Kier molecular flexibility index (Phi) is 5.39. The first-order valence-electron chi connectivity index (χ1n) is 10.9. The van der Waals surface area contributed by atoms with Crippen LogP contribution in [0.5, 0.6) is 0 Å². The summed E-state index contributed by atoms with van der Waals surface area (Å²) in [5.74, 6) is 0.537. The van der Waals surface area contributed by atoms with Crippen molar-refractivity contribution in [1.29, 1.82) is 0 Å². The van der Waals surface area contributed by atoms with Gasteiger partial charge >= 0.3 is 0 Å². The molecule has 31 heavy (non-hydrogen) atoms. The van der Waals surface area contributed by atoms with Gasteiger partial charge in [0.25, 0.3) is 11.5 Å². The van der Waals surface area contributed by atoms with Crippen molar-refractivity contribution < 1.29 is 14.3 Å². The average molecular weight is 443 g/mol. The highest BCUT2D eigenvalue weighted by atomic mass is 32.1. The third-order valence-corrected chi connectivity index (χ3v) is 7.44. The Labute approximate surface area is 184 Å². The smallest absolute Gasteiger partial charge is 0.264 e. The number of carbonyl (C=O) groups excluding carboxylic acids is 2. The lowest BCUT2D eigenvalue weighted by atomic mass is 10.0. The molecular weight excluding hydrogens is 416 g/mol. The fraction of sp³-hybridized carbons (Fsp3) is 0.545. The largest absolute Gasteiger partial charge is 0.381 e. The number of rotatable bonds is 3. The minimum atomic E-state index is -0.205. The SMILES string of the molecule is Cc1ccc(C(=O)N2CCc3nc([C@@H]4CCCN4C(=O)[C@@H]4CCOC4)[nH]c(=O)c3C2)s1. The fourth-order valence-electron chi connectivity index (χ4n) is 4.76. The van der Waals surface area contributed by atoms with E-state index < -0.39 is 0 Å². The van der Waals surface area contributed by atoms with Gasteiger partial charge in [-0.3, -0.25) is 14.4 Å². The minimum absolute atomic E-state index is 0.0430. The van der Waals surface area contributed by atoms with Crippen LogP contribution < -0.4 is 5.56 Å². The first-order chi connectivity index (χ1) is 15.0. The molecule has 164 valence electrons. The van der Waals surface area contributed by atoms with Gasteiger partial charge < -0.3 is 19.5 Å². The third kappa shape index (κ3) is 3.80. The summed E-state index contributed by atoms with van der Waals surface area (Å²) in [6.45, 7) is 4.56. The fourth-order valence-corrected chi connectivity index (χ4v) is 5.59. The molecule has 0 bridgehead atoms. The van der Waals surface area contributed by atoms with Crippen molar-refractivity contribution in [3.8, 4) is 0 Å². The van der Waals surface area contributed by atoms with E-state index >= 15 is 0 Å². The molecule has 0 saturated carbocycles. The lowest BCUT2D eigenvalue weighted by Crippen LogP contribution is -2.41. The van der Waals surface area contributed by atoms with Crippen molar-refractivity contribution in [2.24, 2.45) is 5.92 Å². The van der Waals surface area contributed by atoms with Crippen LogP contribution in [0.2, 0.25) is 0 Å². The third-order valence-electron chi connectivity index (χ3n) is 6.46. The van der Waals surface area contributed by atoms with Gasteiger partial charge in [-0.25, -0.2) is 4.98 Å². The molecule has 5 rings (SSSR count). The van der Waals surface area contributed by atoms with Crippen LogP contribution in [-0.4, -0.2) is 57.9 Å². The van der Waals surface area contributed by atoms with Crippen molar-refractivity contribution in [3.05, 3.63) is 49.3 Å². The molecule has 1 N–H and O–H groups in total. The number of hydrogen-bond donors (Lipinski definition) is 1. The zero-order chi connectivity index (χ0) is 21.5. The molecule has 8 nitrogen and oxygen atoms in total. The molecule has 2 atom stereocenters. The summed E-state index contributed by atoms with van der Waals surface area (Å²) in [6.07, 6.45) is 2.99.